The molecule has 0 heterocycles. The van der Waals surface area contributed by atoms with E-state index in [1.54, 1.807) is 0 Å². The Morgan fingerprint density at radius 2 is 1.00 bits per heavy atom. The zero-order valence-electron chi connectivity index (χ0n) is 3.08. The van der Waals surface area contributed by atoms with Gasteiger partial charge in [0.05, 0.1) is 0 Å². The molecule has 0 bridgehead atoms. The smallest absolute Gasteiger partial charge is 0.533 e. The standard InChI is InChI=1S/2K.H3P2/c;;1-2/h;;1H,2H2/q2*+1;-1. The summed E-state index contributed by atoms with van der Waals surface area (Å²) >= 11 is 0. The summed E-state index contributed by atoms with van der Waals surface area (Å²) in [4.78, 5) is 0. The summed E-state index contributed by atoms with van der Waals surface area (Å²) in [6, 6.07) is 0. The third kappa shape index (κ3) is 9.46. The van der Waals surface area contributed by atoms with Crippen LogP contribution in [0.3, 0.4) is 0 Å². The molecule has 0 amide bonds. The van der Waals surface area contributed by atoms with Crippen LogP contribution in [0.1, 0.15) is 0 Å². The molecule has 0 saturated carbocycles. The predicted octanol–water partition coefficient (Wildman–Crippen LogP) is -5.07. The van der Waals surface area contributed by atoms with Gasteiger partial charge in [-0.05, 0) is 0 Å². The van der Waals surface area contributed by atoms with Crippen LogP contribution in [0.25, 0.3) is 0 Å². The second-order valence-electron chi connectivity index (χ2n) is 0. The Kier molecular flexibility index (Phi) is 61.7. The summed E-state index contributed by atoms with van der Waals surface area (Å²) < 4.78 is 0. The van der Waals surface area contributed by atoms with Crippen molar-refractivity contribution in [2.24, 2.45) is 0 Å². The molecule has 0 N–H and O–H groups in total. The summed E-state index contributed by atoms with van der Waals surface area (Å²) in [7, 11) is 5.11. The van der Waals surface area contributed by atoms with Gasteiger partial charge in [-0.15, -0.1) is 0 Å². The molecule has 1 atom stereocenters. The van der Waals surface area contributed by atoms with E-state index in [1.165, 1.54) is 0 Å². The van der Waals surface area contributed by atoms with Crippen LogP contribution in [0, 0.1) is 0 Å². The Labute approximate surface area is 117 Å². The Morgan fingerprint density at radius 1 is 1.00 bits per heavy atom. The SMILES string of the molecule is [K+].[K+].[PH-]P. The fraction of sp³-hybridized carbons (Fsp3) is 0. The van der Waals surface area contributed by atoms with Crippen LogP contribution < -0.4 is 103 Å². The fourth-order valence-electron chi connectivity index (χ4n) is 0. The van der Waals surface area contributed by atoms with Gasteiger partial charge in [0.15, 0.2) is 0 Å². The van der Waals surface area contributed by atoms with E-state index in [0.29, 0.717) is 0 Å². The van der Waals surface area contributed by atoms with E-state index in [2.05, 4.69) is 17.9 Å². The van der Waals surface area contributed by atoms with E-state index in [1.807, 2.05) is 0 Å². The summed E-state index contributed by atoms with van der Waals surface area (Å²) in [5, 5.41) is 0. The molecule has 0 fully saturated rings. The van der Waals surface area contributed by atoms with Crippen LogP contribution in [0.2, 0.25) is 0 Å². The van der Waals surface area contributed by atoms with Gasteiger partial charge in [0.25, 0.3) is 0 Å². The van der Waals surface area contributed by atoms with Crippen LogP contribution in [0.15, 0.2) is 0 Å². The Balaban J connectivity index is -0.00000000500. The van der Waals surface area contributed by atoms with Crippen LogP contribution in [-0.2, 0) is 0 Å². The van der Waals surface area contributed by atoms with Crippen molar-refractivity contribution in [2.45, 2.75) is 0 Å². The molecule has 0 aromatic rings. The molecule has 0 rings (SSSR count). The Morgan fingerprint density at radius 3 is 1.00 bits per heavy atom. The third-order valence-corrected chi connectivity index (χ3v) is 0. The molecule has 0 aliphatic carbocycles. The second kappa shape index (κ2) is 15.7. The van der Waals surface area contributed by atoms with Gasteiger partial charge in [0.1, 0.15) is 0 Å². The van der Waals surface area contributed by atoms with Gasteiger partial charge in [-0.1, -0.05) is 0 Å². The average molecular weight is 143 g/mol. The Hall–Kier alpha value is 4.13. The van der Waals surface area contributed by atoms with Crippen molar-refractivity contribution in [1.82, 2.24) is 0 Å². The van der Waals surface area contributed by atoms with Crippen molar-refractivity contribution in [1.29, 1.82) is 0 Å². The molecular formula is H3K2P2+. The number of hydrogen-bond acceptors (Lipinski definition) is 0. The van der Waals surface area contributed by atoms with Gasteiger partial charge in [-0.3, -0.25) is 0 Å². The summed E-state index contributed by atoms with van der Waals surface area (Å²) in [6.07, 6.45) is 0. The zero-order valence-corrected chi connectivity index (χ0v) is 11.5. The predicted molar refractivity (Wildman–Crippen MR) is 18.0 cm³/mol. The maximum absolute atomic E-state index is 2.89. The van der Waals surface area contributed by atoms with E-state index < -0.39 is 0 Å². The van der Waals surface area contributed by atoms with Gasteiger partial charge >= 0.3 is 103 Å². The first kappa shape index (κ1) is 15.7. The topological polar surface area (TPSA) is 0 Å². The molecule has 1 unspecified atom stereocenters. The number of rotatable bonds is 0. The fourth-order valence-corrected chi connectivity index (χ4v) is 0. The van der Waals surface area contributed by atoms with E-state index in [-0.39, 0.29) is 103 Å². The second-order valence-corrected chi connectivity index (χ2v) is 0. The largest absolute Gasteiger partial charge is 1.00 e. The van der Waals surface area contributed by atoms with E-state index in [4.69, 9.17) is 0 Å². The maximum atomic E-state index is 2.89. The first-order valence-electron chi connectivity index (χ1n) is 0.289. The summed E-state index contributed by atoms with van der Waals surface area (Å²) in [6.45, 7) is 0. The van der Waals surface area contributed by atoms with Gasteiger partial charge in [-0.2, -0.15) is 0 Å². The van der Waals surface area contributed by atoms with Gasteiger partial charge < -0.3 is 17.9 Å². The Bertz CT molecular complexity index is 4.00. The molecule has 0 radical (unpaired) electrons. The first-order valence-corrected chi connectivity index (χ1v) is 2.60. The van der Waals surface area contributed by atoms with Gasteiger partial charge in [0, 0.05) is 0 Å². The molecule has 0 nitrogen and oxygen atoms in total. The minimum Gasteiger partial charge on any atom is -0.533 e. The summed E-state index contributed by atoms with van der Waals surface area (Å²) in [5.74, 6) is 0. The van der Waals surface area contributed by atoms with Crippen molar-refractivity contribution in [3.8, 4) is 0 Å². The minimum absolute atomic E-state index is 0. The average Bonchev–Trinajstić information content (AvgIpc) is 1.00. The van der Waals surface area contributed by atoms with Crippen molar-refractivity contribution in [3.63, 3.8) is 0 Å². The number of hydrogen-bond donors (Lipinski definition) is 0. The first-order chi connectivity index (χ1) is 1.00. The van der Waals surface area contributed by atoms with Gasteiger partial charge in [0.2, 0.25) is 0 Å². The molecule has 4 heavy (non-hydrogen) atoms. The van der Waals surface area contributed by atoms with E-state index >= 15 is 0 Å². The summed E-state index contributed by atoms with van der Waals surface area (Å²) in [5.41, 5.74) is 0. The van der Waals surface area contributed by atoms with Gasteiger partial charge in [-0.25, -0.2) is 0 Å². The van der Waals surface area contributed by atoms with Crippen molar-refractivity contribution in [3.05, 3.63) is 0 Å². The molecular weight excluding hydrogens is 140 g/mol. The molecule has 4 heteroatoms. The van der Waals surface area contributed by atoms with Crippen LogP contribution in [0.4, 0.5) is 0 Å². The maximum Gasteiger partial charge on any atom is 1.00 e. The molecule has 0 spiro atoms. The van der Waals surface area contributed by atoms with Crippen LogP contribution in [0.5, 0.6) is 0 Å². The van der Waals surface area contributed by atoms with Crippen molar-refractivity contribution in [2.75, 3.05) is 0 Å². The van der Waals surface area contributed by atoms with Crippen LogP contribution >= 0.6 is 17.9 Å². The molecule has 0 aliphatic rings. The minimum atomic E-state index is 0. The molecule has 0 aromatic carbocycles. The molecule has 14 valence electrons. The molecule has 0 saturated heterocycles. The van der Waals surface area contributed by atoms with Crippen LogP contribution in [-0.4, -0.2) is 0 Å². The van der Waals surface area contributed by atoms with Crippen molar-refractivity contribution < 1.29 is 103 Å². The zero-order chi connectivity index (χ0) is 2.00. The quantitative estimate of drug-likeness (QED) is 0.235. The molecule has 0 aliphatic heterocycles. The normalized spacial score (nSPS) is 1.50. The van der Waals surface area contributed by atoms with E-state index in [0.717, 1.165) is 0 Å². The molecule has 0 aromatic heterocycles. The third-order valence-electron chi connectivity index (χ3n) is 0. The monoisotopic (exact) mass is 143 g/mol. The van der Waals surface area contributed by atoms with Crippen molar-refractivity contribution >= 4 is 17.9 Å². The van der Waals surface area contributed by atoms with E-state index in [9.17, 15) is 0 Å².